The van der Waals surface area contributed by atoms with Crippen molar-refractivity contribution in [3.05, 3.63) is 59.2 Å². The van der Waals surface area contributed by atoms with Crippen molar-refractivity contribution in [1.82, 2.24) is 4.90 Å². The van der Waals surface area contributed by atoms with E-state index >= 15 is 0 Å². The zero-order chi connectivity index (χ0) is 18.4. The van der Waals surface area contributed by atoms with Gasteiger partial charge in [-0.25, -0.2) is 0 Å². The highest BCUT2D eigenvalue weighted by atomic mass is 16.5. The summed E-state index contributed by atoms with van der Waals surface area (Å²) >= 11 is 0. The number of methoxy groups -OCH3 is 2. The second kappa shape index (κ2) is 8.33. The van der Waals surface area contributed by atoms with E-state index in [0.29, 0.717) is 41.3 Å². The summed E-state index contributed by atoms with van der Waals surface area (Å²) in [6.45, 7) is 4.96. The molecule has 0 atom stereocenters. The summed E-state index contributed by atoms with van der Waals surface area (Å²) in [5.41, 5.74) is 1.21. The van der Waals surface area contributed by atoms with Gasteiger partial charge < -0.3 is 14.4 Å². The molecule has 0 saturated carbocycles. The average Bonchev–Trinajstić information content (AvgIpc) is 2.67. The first-order valence-electron chi connectivity index (χ1n) is 8.21. The van der Waals surface area contributed by atoms with Crippen molar-refractivity contribution in [1.29, 1.82) is 0 Å². The first kappa shape index (κ1) is 18.5. The van der Waals surface area contributed by atoms with Gasteiger partial charge in [-0.05, 0) is 56.3 Å². The number of ether oxygens (including phenoxy) is 2. The number of benzene rings is 2. The molecule has 5 nitrogen and oxygen atoms in total. The Hall–Kier alpha value is -2.82. The number of rotatable bonds is 7. The van der Waals surface area contributed by atoms with E-state index in [1.165, 1.54) is 7.11 Å². The first-order chi connectivity index (χ1) is 12.0. The van der Waals surface area contributed by atoms with Crippen LogP contribution in [-0.4, -0.2) is 43.9 Å². The number of nitrogens with zero attached hydrogens (tertiary/aromatic N) is 1. The van der Waals surface area contributed by atoms with Crippen molar-refractivity contribution < 1.29 is 19.1 Å². The molecule has 0 aliphatic heterocycles. The molecule has 0 heterocycles. The molecule has 2 aromatic carbocycles. The van der Waals surface area contributed by atoms with Gasteiger partial charge in [0.25, 0.3) is 5.91 Å². The molecule has 0 aromatic heterocycles. The van der Waals surface area contributed by atoms with E-state index in [0.717, 1.165) is 0 Å². The zero-order valence-corrected chi connectivity index (χ0v) is 15.0. The normalized spacial score (nSPS) is 10.2. The van der Waals surface area contributed by atoms with Crippen LogP contribution in [-0.2, 0) is 0 Å². The summed E-state index contributed by atoms with van der Waals surface area (Å²) in [7, 11) is 3.10. The van der Waals surface area contributed by atoms with Crippen molar-refractivity contribution in [2.75, 3.05) is 27.3 Å². The minimum absolute atomic E-state index is 0.180. The molecule has 0 spiro atoms. The Kier molecular flexibility index (Phi) is 6.17. The molecule has 1 amide bonds. The van der Waals surface area contributed by atoms with Gasteiger partial charge in [0.15, 0.2) is 5.78 Å². The van der Waals surface area contributed by atoms with Crippen molar-refractivity contribution in [2.45, 2.75) is 13.8 Å². The number of ketones is 1. The van der Waals surface area contributed by atoms with E-state index < -0.39 is 0 Å². The number of hydrogen-bond donors (Lipinski definition) is 0. The van der Waals surface area contributed by atoms with E-state index in [4.69, 9.17) is 9.47 Å². The maximum Gasteiger partial charge on any atom is 0.254 e. The van der Waals surface area contributed by atoms with Crippen LogP contribution in [0.3, 0.4) is 0 Å². The highest BCUT2D eigenvalue weighted by Crippen LogP contribution is 2.23. The molecule has 0 bridgehead atoms. The number of hydrogen-bond acceptors (Lipinski definition) is 4. The molecule has 0 fully saturated rings. The molecule has 25 heavy (non-hydrogen) atoms. The molecular weight excluding hydrogens is 318 g/mol. The maximum absolute atomic E-state index is 12.9. The van der Waals surface area contributed by atoms with Crippen LogP contribution in [0, 0.1) is 0 Å². The third-order valence-electron chi connectivity index (χ3n) is 4.10. The molecule has 132 valence electrons. The van der Waals surface area contributed by atoms with Gasteiger partial charge in [0.1, 0.15) is 11.5 Å². The maximum atomic E-state index is 12.9. The minimum atomic E-state index is -0.208. The Morgan fingerprint density at radius 2 is 1.40 bits per heavy atom. The fourth-order valence-electron chi connectivity index (χ4n) is 2.60. The predicted octanol–water partition coefficient (Wildman–Crippen LogP) is 3.42. The van der Waals surface area contributed by atoms with Gasteiger partial charge in [0, 0.05) is 24.2 Å². The van der Waals surface area contributed by atoms with E-state index in [9.17, 15) is 9.59 Å². The lowest BCUT2D eigenvalue weighted by molar-refractivity contribution is 0.0768. The van der Waals surface area contributed by atoms with Gasteiger partial charge in [0.05, 0.1) is 19.8 Å². The average molecular weight is 341 g/mol. The molecule has 2 rings (SSSR count). The molecule has 5 heteroatoms. The first-order valence-corrected chi connectivity index (χ1v) is 8.21. The van der Waals surface area contributed by atoms with Gasteiger partial charge in [-0.15, -0.1) is 0 Å². The Morgan fingerprint density at radius 1 is 0.840 bits per heavy atom. The summed E-state index contributed by atoms with van der Waals surface area (Å²) < 4.78 is 10.3. The summed E-state index contributed by atoms with van der Waals surface area (Å²) in [4.78, 5) is 27.4. The van der Waals surface area contributed by atoms with E-state index in [2.05, 4.69) is 0 Å². The van der Waals surface area contributed by atoms with Crippen molar-refractivity contribution >= 4 is 11.7 Å². The van der Waals surface area contributed by atoms with Gasteiger partial charge in [-0.2, -0.15) is 0 Å². The molecule has 0 N–H and O–H groups in total. The molecule has 0 aliphatic carbocycles. The third-order valence-corrected chi connectivity index (χ3v) is 4.10. The standard InChI is InChI=1S/C20H23NO4/c1-5-21(6-2)20(23)18-13-16(25-4)11-12-17(18)19(22)14-7-9-15(24-3)10-8-14/h7-13H,5-6H2,1-4H3. The number of amides is 1. The lowest BCUT2D eigenvalue weighted by Crippen LogP contribution is -2.31. The fraction of sp³-hybridized carbons (Fsp3) is 0.300. The second-order valence-electron chi connectivity index (χ2n) is 5.45. The summed E-state index contributed by atoms with van der Waals surface area (Å²) in [6, 6.07) is 11.8. The van der Waals surface area contributed by atoms with Gasteiger partial charge in [-0.1, -0.05) is 0 Å². The van der Waals surface area contributed by atoms with Gasteiger partial charge in [-0.3, -0.25) is 9.59 Å². The van der Waals surface area contributed by atoms with Crippen LogP contribution in [0.5, 0.6) is 11.5 Å². The lowest BCUT2D eigenvalue weighted by atomic mass is 9.97. The van der Waals surface area contributed by atoms with Gasteiger partial charge >= 0.3 is 0 Å². The topological polar surface area (TPSA) is 55.8 Å². The van der Waals surface area contributed by atoms with Crippen LogP contribution in [0.2, 0.25) is 0 Å². The van der Waals surface area contributed by atoms with E-state index in [1.54, 1.807) is 54.5 Å². The Bertz CT molecular complexity index is 749. The van der Waals surface area contributed by atoms with Crippen LogP contribution in [0.1, 0.15) is 40.1 Å². The zero-order valence-electron chi connectivity index (χ0n) is 15.0. The molecule has 0 saturated heterocycles. The molecular formula is C20H23NO4. The fourth-order valence-corrected chi connectivity index (χ4v) is 2.60. The SMILES string of the molecule is CCN(CC)C(=O)c1cc(OC)ccc1C(=O)c1ccc(OC)cc1. The monoisotopic (exact) mass is 341 g/mol. The van der Waals surface area contributed by atoms with Crippen LogP contribution in [0.25, 0.3) is 0 Å². The molecule has 2 aromatic rings. The Morgan fingerprint density at radius 3 is 1.92 bits per heavy atom. The van der Waals surface area contributed by atoms with Crippen LogP contribution in [0.15, 0.2) is 42.5 Å². The highest BCUT2D eigenvalue weighted by Gasteiger charge is 2.22. The quantitative estimate of drug-likeness (QED) is 0.724. The summed E-state index contributed by atoms with van der Waals surface area (Å²) in [5.74, 6) is 0.828. The molecule has 0 aliphatic rings. The second-order valence-corrected chi connectivity index (χ2v) is 5.45. The lowest BCUT2D eigenvalue weighted by Gasteiger charge is -2.20. The summed E-state index contributed by atoms with van der Waals surface area (Å²) in [6.07, 6.45) is 0. The van der Waals surface area contributed by atoms with Crippen LogP contribution < -0.4 is 9.47 Å². The smallest absolute Gasteiger partial charge is 0.254 e. The van der Waals surface area contributed by atoms with E-state index in [-0.39, 0.29) is 11.7 Å². The number of carbonyl (C=O) groups excluding carboxylic acids is 2. The summed E-state index contributed by atoms with van der Waals surface area (Å²) in [5, 5.41) is 0. The molecule has 0 radical (unpaired) electrons. The highest BCUT2D eigenvalue weighted by molar-refractivity contribution is 6.15. The van der Waals surface area contributed by atoms with E-state index in [1.807, 2.05) is 13.8 Å². The Labute approximate surface area is 148 Å². The van der Waals surface area contributed by atoms with Crippen LogP contribution >= 0.6 is 0 Å². The van der Waals surface area contributed by atoms with Crippen molar-refractivity contribution in [3.63, 3.8) is 0 Å². The molecule has 0 unspecified atom stereocenters. The predicted molar refractivity (Wildman–Crippen MR) is 96.7 cm³/mol. The third kappa shape index (κ3) is 3.99. The Balaban J connectivity index is 2.48. The van der Waals surface area contributed by atoms with Crippen LogP contribution in [0.4, 0.5) is 0 Å². The number of carbonyl (C=O) groups is 2. The largest absolute Gasteiger partial charge is 0.497 e. The van der Waals surface area contributed by atoms with Gasteiger partial charge in [0.2, 0.25) is 0 Å². The van der Waals surface area contributed by atoms with Crippen molar-refractivity contribution in [3.8, 4) is 11.5 Å². The minimum Gasteiger partial charge on any atom is -0.497 e. The van der Waals surface area contributed by atoms with Crippen molar-refractivity contribution in [2.24, 2.45) is 0 Å².